The van der Waals surface area contributed by atoms with E-state index in [1.54, 1.807) is 11.3 Å². The van der Waals surface area contributed by atoms with Crippen LogP contribution in [0.2, 0.25) is 0 Å². The third-order valence-corrected chi connectivity index (χ3v) is 4.57. The topological polar surface area (TPSA) is 42.2 Å². The number of benzene rings is 1. The highest BCUT2D eigenvalue weighted by Gasteiger charge is 2.12. The number of hydrogen-bond acceptors (Lipinski definition) is 5. The molecule has 0 amide bonds. The molecule has 0 radical (unpaired) electrons. The maximum atomic E-state index is 5.37. The van der Waals surface area contributed by atoms with Gasteiger partial charge in [-0.2, -0.15) is 4.98 Å². The summed E-state index contributed by atoms with van der Waals surface area (Å²) in [5, 5.41) is 6.20. The molecule has 0 unspecified atom stereocenters. The van der Waals surface area contributed by atoms with Gasteiger partial charge in [-0.05, 0) is 37.9 Å². The predicted molar refractivity (Wildman–Crippen MR) is 88.7 cm³/mol. The van der Waals surface area contributed by atoms with Crippen molar-refractivity contribution in [1.82, 2.24) is 15.0 Å². The molecule has 3 rings (SSSR count). The van der Waals surface area contributed by atoms with Crippen molar-refractivity contribution < 1.29 is 4.52 Å². The van der Waals surface area contributed by atoms with Gasteiger partial charge in [0, 0.05) is 17.0 Å². The molecule has 22 heavy (non-hydrogen) atoms. The third kappa shape index (κ3) is 3.43. The second kappa shape index (κ2) is 6.42. The summed E-state index contributed by atoms with van der Waals surface area (Å²) in [4.78, 5) is 8.05. The second-order valence-electron chi connectivity index (χ2n) is 5.58. The summed E-state index contributed by atoms with van der Waals surface area (Å²) in [6.45, 7) is 5.75. The molecule has 0 saturated carbocycles. The number of aryl methyl sites for hydroxylation is 2. The number of aromatic nitrogens is 2. The van der Waals surface area contributed by atoms with Crippen LogP contribution in [0.3, 0.4) is 0 Å². The first-order valence-corrected chi connectivity index (χ1v) is 8.11. The zero-order valence-corrected chi connectivity index (χ0v) is 13.9. The molecule has 0 bridgehead atoms. The van der Waals surface area contributed by atoms with E-state index in [4.69, 9.17) is 4.52 Å². The van der Waals surface area contributed by atoms with Gasteiger partial charge in [-0.15, -0.1) is 11.3 Å². The zero-order valence-electron chi connectivity index (χ0n) is 13.0. The monoisotopic (exact) mass is 313 g/mol. The summed E-state index contributed by atoms with van der Waals surface area (Å²) >= 11 is 1.78. The molecule has 0 aliphatic rings. The highest BCUT2D eigenvalue weighted by molar-refractivity contribution is 7.10. The molecule has 5 heteroatoms. The van der Waals surface area contributed by atoms with Gasteiger partial charge in [-0.3, -0.25) is 4.90 Å². The van der Waals surface area contributed by atoms with E-state index in [0.717, 1.165) is 12.1 Å². The fraction of sp³-hybridized carbons (Fsp3) is 0.294. The van der Waals surface area contributed by atoms with Crippen molar-refractivity contribution in [3.05, 3.63) is 57.6 Å². The van der Waals surface area contributed by atoms with Crippen LogP contribution in [0.15, 0.2) is 40.2 Å². The smallest absolute Gasteiger partial charge is 0.241 e. The molecule has 0 aliphatic carbocycles. The van der Waals surface area contributed by atoms with Crippen molar-refractivity contribution in [2.75, 3.05) is 7.05 Å². The van der Waals surface area contributed by atoms with Crippen LogP contribution in [0.1, 0.15) is 21.9 Å². The molecule has 2 heterocycles. The van der Waals surface area contributed by atoms with Crippen molar-refractivity contribution in [1.29, 1.82) is 0 Å². The van der Waals surface area contributed by atoms with Crippen LogP contribution >= 0.6 is 11.3 Å². The summed E-state index contributed by atoms with van der Waals surface area (Å²) in [6, 6.07) is 10.3. The molecule has 0 spiro atoms. The van der Waals surface area contributed by atoms with Gasteiger partial charge in [0.25, 0.3) is 0 Å². The third-order valence-electron chi connectivity index (χ3n) is 3.56. The lowest BCUT2D eigenvalue weighted by molar-refractivity contribution is 0.262. The summed E-state index contributed by atoms with van der Waals surface area (Å²) < 4.78 is 5.37. The second-order valence-corrected chi connectivity index (χ2v) is 6.58. The first-order valence-electron chi connectivity index (χ1n) is 7.23. The SMILES string of the molecule is Cc1ccc(-c2noc(CN(C)Cc3sccc3C)n2)cc1. The van der Waals surface area contributed by atoms with E-state index in [1.165, 1.54) is 16.0 Å². The first-order chi connectivity index (χ1) is 10.6. The minimum Gasteiger partial charge on any atom is -0.338 e. The van der Waals surface area contributed by atoms with E-state index >= 15 is 0 Å². The highest BCUT2D eigenvalue weighted by Crippen LogP contribution is 2.19. The van der Waals surface area contributed by atoms with Crippen LogP contribution in [-0.2, 0) is 13.1 Å². The molecule has 114 valence electrons. The zero-order chi connectivity index (χ0) is 15.5. The number of thiophene rings is 1. The van der Waals surface area contributed by atoms with Crippen molar-refractivity contribution >= 4 is 11.3 Å². The van der Waals surface area contributed by atoms with E-state index in [2.05, 4.69) is 59.5 Å². The number of hydrogen-bond donors (Lipinski definition) is 0. The molecule has 3 aromatic rings. The van der Waals surface area contributed by atoms with Crippen molar-refractivity contribution in [2.45, 2.75) is 26.9 Å². The van der Waals surface area contributed by atoms with Gasteiger partial charge in [-0.25, -0.2) is 0 Å². The molecular formula is C17H19N3OS. The fourth-order valence-electron chi connectivity index (χ4n) is 2.24. The van der Waals surface area contributed by atoms with Crippen LogP contribution < -0.4 is 0 Å². The Bertz CT molecular complexity index is 745. The number of rotatable bonds is 5. The highest BCUT2D eigenvalue weighted by atomic mass is 32.1. The lowest BCUT2D eigenvalue weighted by Crippen LogP contribution is -2.17. The Morgan fingerprint density at radius 3 is 2.55 bits per heavy atom. The Kier molecular flexibility index (Phi) is 4.36. The van der Waals surface area contributed by atoms with Crippen LogP contribution in [0.5, 0.6) is 0 Å². The Hall–Kier alpha value is -1.98. The van der Waals surface area contributed by atoms with Gasteiger partial charge in [0.1, 0.15) is 0 Å². The van der Waals surface area contributed by atoms with E-state index in [0.29, 0.717) is 18.3 Å². The quantitative estimate of drug-likeness (QED) is 0.713. The molecule has 0 saturated heterocycles. The van der Waals surface area contributed by atoms with Gasteiger partial charge in [0.15, 0.2) is 0 Å². The Morgan fingerprint density at radius 2 is 1.86 bits per heavy atom. The van der Waals surface area contributed by atoms with Gasteiger partial charge in [-0.1, -0.05) is 35.0 Å². The van der Waals surface area contributed by atoms with E-state index in [9.17, 15) is 0 Å². The molecule has 1 aromatic carbocycles. The van der Waals surface area contributed by atoms with E-state index < -0.39 is 0 Å². The van der Waals surface area contributed by atoms with Crippen molar-refractivity contribution in [3.63, 3.8) is 0 Å². The van der Waals surface area contributed by atoms with Crippen LogP contribution in [0, 0.1) is 13.8 Å². The standard InChI is InChI=1S/C17H19N3OS/c1-12-4-6-14(7-5-12)17-18-16(21-19-17)11-20(3)10-15-13(2)8-9-22-15/h4-9H,10-11H2,1-3H3. The summed E-state index contributed by atoms with van der Waals surface area (Å²) in [6.07, 6.45) is 0. The predicted octanol–water partition coefficient (Wildman–Crippen LogP) is 4.05. The molecular weight excluding hydrogens is 294 g/mol. The van der Waals surface area contributed by atoms with Crippen LogP contribution in [0.4, 0.5) is 0 Å². The van der Waals surface area contributed by atoms with Gasteiger partial charge >= 0.3 is 0 Å². The average Bonchev–Trinajstić information content (AvgIpc) is 3.10. The molecule has 0 atom stereocenters. The maximum Gasteiger partial charge on any atom is 0.241 e. The maximum absolute atomic E-state index is 5.37. The Labute approximate surface area is 134 Å². The van der Waals surface area contributed by atoms with Crippen LogP contribution in [-0.4, -0.2) is 22.1 Å². The van der Waals surface area contributed by atoms with Crippen molar-refractivity contribution in [2.24, 2.45) is 0 Å². The lowest BCUT2D eigenvalue weighted by Gasteiger charge is -2.13. The molecule has 0 fully saturated rings. The Morgan fingerprint density at radius 1 is 1.09 bits per heavy atom. The van der Waals surface area contributed by atoms with Gasteiger partial charge in [0.2, 0.25) is 11.7 Å². The van der Waals surface area contributed by atoms with E-state index in [-0.39, 0.29) is 0 Å². The summed E-state index contributed by atoms with van der Waals surface area (Å²) in [7, 11) is 2.06. The fourth-order valence-corrected chi connectivity index (χ4v) is 3.22. The summed E-state index contributed by atoms with van der Waals surface area (Å²) in [5.41, 5.74) is 3.54. The molecule has 0 N–H and O–H groups in total. The van der Waals surface area contributed by atoms with Crippen molar-refractivity contribution in [3.8, 4) is 11.4 Å². The minimum absolute atomic E-state index is 0.646. The average molecular weight is 313 g/mol. The van der Waals surface area contributed by atoms with Gasteiger partial charge < -0.3 is 4.52 Å². The first kappa shape index (κ1) is 14.9. The lowest BCUT2D eigenvalue weighted by atomic mass is 10.1. The largest absolute Gasteiger partial charge is 0.338 e. The number of nitrogens with zero attached hydrogens (tertiary/aromatic N) is 3. The summed E-state index contributed by atoms with van der Waals surface area (Å²) in [5.74, 6) is 1.29. The Balaban J connectivity index is 1.66. The van der Waals surface area contributed by atoms with Gasteiger partial charge in [0.05, 0.1) is 6.54 Å². The molecule has 0 aliphatic heterocycles. The van der Waals surface area contributed by atoms with Crippen LogP contribution in [0.25, 0.3) is 11.4 Å². The normalized spacial score (nSPS) is 11.3. The molecule has 2 aromatic heterocycles. The molecule has 4 nitrogen and oxygen atoms in total. The van der Waals surface area contributed by atoms with E-state index in [1.807, 2.05) is 12.1 Å². The minimum atomic E-state index is 0.646.